The third-order valence-electron chi connectivity index (χ3n) is 16.9. The molecule has 8 aliphatic rings. The van der Waals surface area contributed by atoms with E-state index >= 15 is 0 Å². The first-order valence-corrected chi connectivity index (χ1v) is 27.2. The van der Waals surface area contributed by atoms with Crippen molar-refractivity contribution in [1.82, 2.24) is 44.4 Å². The maximum absolute atomic E-state index is 12.9. The maximum Gasteiger partial charge on any atom is 1.00 e. The predicted octanol–water partition coefficient (Wildman–Crippen LogP) is 5.12. The zero-order valence-electron chi connectivity index (χ0n) is 45.2. The smallest absolute Gasteiger partial charge is 1.00 e. The number of benzene rings is 2. The summed E-state index contributed by atoms with van der Waals surface area (Å²) in [7, 11) is 4.24. The Hall–Kier alpha value is -4.53. The second-order valence-electron chi connectivity index (χ2n) is 21.4. The van der Waals surface area contributed by atoms with Crippen molar-refractivity contribution < 1.29 is 58.8 Å². The first-order valence-electron chi connectivity index (χ1n) is 26.9. The van der Waals surface area contributed by atoms with Crippen molar-refractivity contribution in [2.75, 3.05) is 76.4 Å². The molecule has 4 saturated heterocycles. The van der Waals surface area contributed by atoms with Crippen LogP contribution in [0.1, 0.15) is 123 Å². The monoisotopic (exact) mass is 1090 g/mol. The number of fused-ring (bicyclic) bond motifs is 4. The van der Waals surface area contributed by atoms with E-state index in [9.17, 15) is 18.0 Å². The number of likely N-dealkylation sites (tertiary alicyclic amines) is 2. The van der Waals surface area contributed by atoms with E-state index in [4.69, 9.17) is 44.3 Å². The Kier molecular flexibility index (Phi) is 19.6. The summed E-state index contributed by atoms with van der Waals surface area (Å²) < 4.78 is 45.0. The summed E-state index contributed by atoms with van der Waals surface area (Å²) in [4.78, 5) is 44.9. The van der Waals surface area contributed by atoms with Gasteiger partial charge in [0, 0.05) is 81.1 Å². The van der Waals surface area contributed by atoms with Gasteiger partial charge in [-0.1, -0.05) is 67.8 Å². The van der Waals surface area contributed by atoms with E-state index in [0.717, 1.165) is 92.5 Å². The van der Waals surface area contributed by atoms with Crippen LogP contribution in [0, 0.1) is 24.7 Å². The number of halogens is 4. The van der Waals surface area contributed by atoms with Gasteiger partial charge in [-0.25, -0.2) is 9.97 Å². The van der Waals surface area contributed by atoms with E-state index in [-0.39, 0.29) is 75.4 Å². The number of piperazine rings is 1. The molecule has 14 nitrogen and oxygen atoms in total. The van der Waals surface area contributed by atoms with Crippen LogP contribution < -0.4 is 44.1 Å². The summed E-state index contributed by atoms with van der Waals surface area (Å²) in [6.45, 7) is 6.95. The Morgan fingerprint density at radius 3 is 1.82 bits per heavy atom. The number of nitrogens with zero attached hydrogens (tertiary/aromatic N) is 11. The number of aliphatic hydroxyl groups is 1. The van der Waals surface area contributed by atoms with Crippen LogP contribution in [0.5, 0.6) is 6.01 Å². The Bertz CT molecular complexity index is 2800. The number of ether oxygens (including phenoxy) is 1. The molecule has 0 spiro atoms. The number of amides is 1. The summed E-state index contributed by atoms with van der Waals surface area (Å²) in [5.41, 5.74) is 9.68. The molecular formula is C58H74ClF3N11NaO3. The molecule has 0 radical (unpaired) electrons. The number of hydrogen-bond acceptors (Lipinski definition) is 13. The molecule has 1 N–H and O–H groups in total. The second kappa shape index (κ2) is 25.7. The van der Waals surface area contributed by atoms with Crippen molar-refractivity contribution in [3.8, 4) is 30.7 Å². The van der Waals surface area contributed by atoms with Crippen LogP contribution in [0.25, 0.3) is 0 Å². The number of anilines is 2. The molecule has 2 aromatic heterocycles. The van der Waals surface area contributed by atoms with E-state index in [2.05, 4.69) is 96.8 Å². The van der Waals surface area contributed by atoms with Crippen molar-refractivity contribution >= 4 is 29.1 Å². The number of rotatable bonds is 8. The number of terminal acetylenes is 2. The molecule has 1 amide bonds. The average Bonchev–Trinajstić information content (AvgIpc) is 4.38. The SMILES string of the molecule is C.C#C[C@H]1CCCCN1c1nc(OC[C@@H]2CCCN2C)nc2c1CN(C1CCc3ccccc31)C2.C#C[C@H]1CN(C(=O)C(F)(F)F)CCN1c1nc(Cl)nc2c1CN(C1CCc3ccccc31)C2.CN1CCC[C@H]1CO.[H-].[Na+]. The van der Waals surface area contributed by atoms with Crippen LogP contribution in [0.3, 0.4) is 0 Å². The van der Waals surface area contributed by atoms with Crippen molar-refractivity contribution in [2.45, 2.75) is 147 Å². The molecule has 8 heterocycles. The van der Waals surface area contributed by atoms with Gasteiger partial charge in [-0.05, 0) is 132 Å². The van der Waals surface area contributed by atoms with Crippen molar-refractivity contribution in [3.05, 3.63) is 98.6 Å². The predicted molar refractivity (Wildman–Crippen MR) is 291 cm³/mol. The van der Waals surface area contributed by atoms with Crippen LogP contribution in [0.4, 0.5) is 24.8 Å². The first-order chi connectivity index (χ1) is 36.3. The van der Waals surface area contributed by atoms with E-state index in [0.29, 0.717) is 56.3 Å². The fourth-order valence-corrected chi connectivity index (χ4v) is 12.9. The summed E-state index contributed by atoms with van der Waals surface area (Å²) in [6.07, 6.45) is 19.2. The fourth-order valence-electron chi connectivity index (χ4n) is 12.8. The van der Waals surface area contributed by atoms with Gasteiger partial charge in [0.1, 0.15) is 24.3 Å². The zero-order chi connectivity index (χ0) is 52.4. The van der Waals surface area contributed by atoms with Gasteiger partial charge in [0.2, 0.25) is 5.28 Å². The summed E-state index contributed by atoms with van der Waals surface area (Å²) >= 11 is 6.23. The normalized spacial score (nSPS) is 24.9. The average molecular weight is 1090 g/mol. The van der Waals surface area contributed by atoms with Gasteiger partial charge in [-0.3, -0.25) is 14.6 Å². The minimum Gasteiger partial charge on any atom is -1.00 e. The number of carbonyl (C=O) groups is 1. The molecule has 4 fully saturated rings. The molecule has 12 rings (SSSR count). The quantitative estimate of drug-likeness (QED) is 0.143. The summed E-state index contributed by atoms with van der Waals surface area (Å²) in [6, 6.07) is 18.8. The van der Waals surface area contributed by atoms with Gasteiger partial charge >= 0.3 is 47.7 Å². The number of aryl methyl sites for hydroxylation is 2. The summed E-state index contributed by atoms with van der Waals surface area (Å²) in [5.74, 6) is 5.23. The molecule has 6 aliphatic heterocycles. The van der Waals surface area contributed by atoms with E-state index in [1.807, 2.05) is 12.1 Å². The Morgan fingerprint density at radius 1 is 0.714 bits per heavy atom. The molecule has 4 aromatic rings. The number of aromatic nitrogens is 4. The van der Waals surface area contributed by atoms with Gasteiger partial charge in [-0.2, -0.15) is 23.1 Å². The molecule has 77 heavy (non-hydrogen) atoms. The van der Waals surface area contributed by atoms with Crippen molar-refractivity contribution in [2.24, 2.45) is 0 Å². The molecule has 408 valence electrons. The number of likely N-dealkylation sites (N-methyl/N-ethyl adjacent to an activating group) is 2. The van der Waals surface area contributed by atoms with E-state index < -0.39 is 18.1 Å². The van der Waals surface area contributed by atoms with Gasteiger partial charge in [0.25, 0.3) is 0 Å². The van der Waals surface area contributed by atoms with Crippen molar-refractivity contribution in [3.63, 3.8) is 0 Å². The number of alkyl halides is 3. The third kappa shape index (κ3) is 12.8. The van der Waals surface area contributed by atoms with E-state index in [1.54, 1.807) is 4.90 Å². The molecule has 2 unspecified atom stereocenters. The summed E-state index contributed by atoms with van der Waals surface area (Å²) in [5, 5.41) is 8.77. The zero-order valence-corrected chi connectivity index (χ0v) is 47.0. The Balaban J connectivity index is 0.000000191. The Morgan fingerprint density at radius 2 is 1.27 bits per heavy atom. The first kappa shape index (κ1) is 58.6. The molecule has 6 atom stereocenters. The van der Waals surface area contributed by atoms with Gasteiger partial charge in [-0.15, -0.1) is 12.8 Å². The van der Waals surface area contributed by atoms with Crippen molar-refractivity contribution in [1.29, 1.82) is 0 Å². The van der Waals surface area contributed by atoms with Crippen LogP contribution >= 0.6 is 11.6 Å². The fraction of sp³-hybridized carbons (Fsp3) is 0.569. The molecule has 0 saturated carbocycles. The second-order valence-corrected chi connectivity index (χ2v) is 21.7. The number of hydrogen-bond donors (Lipinski definition) is 1. The topological polar surface area (TPSA) is 121 Å². The minimum absolute atomic E-state index is 0. The molecule has 2 aromatic carbocycles. The standard InChI is InChI=1S/C28H35N5O.C23H21ClF3N5O.C6H13NO.CH4.Na.H/c1-3-21-10-6-7-16-33(21)27-24-17-32(26-14-13-20-9-4-5-12-23(20)26)18-25(24)29-28(30-27)34-19-22-11-8-15-31(22)2;1-2-15-11-30(21(33)23(25,26)27)9-10-32(15)20-17-12-31(13-18(17)28-22(24)29-20)19-8-7-14-5-3-4-6-16(14)19;1-7-4-2-3-6(7)5-8;;;/h1,4-5,9,12,21-22,26H,6-8,10-11,13-19H2,2H3;1,3-6,15,19H,7-13H2;6,8H,2-5H2,1H3;1H4;;/q;;;;+1;-1/t21-,22-,26?;15-,19?;6-;;;/m000.../s1. The maximum atomic E-state index is 12.9. The molecule has 19 heteroatoms. The van der Waals surface area contributed by atoms with Crippen LogP contribution in [-0.2, 0) is 43.8 Å². The number of carbonyl (C=O) groups excluding carboxylic acids is 1. The van der Waals surface area contributed by atoms with Gasteiger partial charge < -0.3 is 35.8 Å². The molecule has 0 bridgehead atoms. The Labute approximate surface area is 481 Å². The minimum atomic E-state index is -4.93. The van der Waals surface area contributed by atoms with Gasteiger partial charge in [0.15, 0.2) is 0 Å². The van der Waals surface area contributed by atoms with Gasteiger partial charge in [0.05, 0.1) is 30.6 Å². The van der Waals surface area contributed by atoms with Crippen LogP contribution in [0.15, 0.2) is 48.5 Å². The van der Waals surface area contributed by atoms with Crippen LogP contribution in [-0.4, -0.2) is 152 Å². The number of aliphatic hydroxyl groups excluding tert-OH is 1. The largest absolute Gasteiger partial charge is 1.00 e. The number of piperidine rings is 1. The third-order valence-corrected chi connectivity index (χ3v) is 17.1. The van der Waals surface area contributed by atoms with E-state index in [1.165, 1.54) is 66.3 Å². The van der Waals surface area contributed by atoms with Crippen LogP contribution in [0.2, 0.25) is 5.28 Å². The molecular weight excluding hydrogens is 1010 g/mol. The molecule has 2 aliphatic carbocycles.